The maximum atomic E-state index is 12.2. The molecule has 0 unspecified atom stereocenters. The summed E-state index contributed by atoms with van der Waals surface area (Å²) >= 11 is 0. The summed E-state index contributed by atoms with van der Waals surface area (Å²) < 4.78 is 59.6. The molecule has 0 spiro atoms. The molecule has 2 fully saturated rings. The fourth-order valence-electron chi connectivity index (χ4n) is 6.13. The Bertz CT molecular complexity index is 2510. The van der Waals surface area contributed by atoms with Crippen molar-refractivity contribution < 1.29 is 26.3 Å². The van der Waals surface area contributed by atoms with Crippen LogP contribution in [0.15, 0.2) is 107 Å². The second kappa shape index (κ2) is 15.7. The third-order valence-corrected chi connectivity index (χ3v) is 11.9. The van der Waals surface area contributed by atoms with Crippen molar-refractivity contribution >= 4 is 53.7 Å². The zero-order chi connectivity index (χ0) is 37.9. The van der Waals surface area contributed by atoms with Crippen LogP contribution < -0.4 is 14.9 Å². The molecule has 2 N–H and O–H groups in total. The Kier molecular flexibility index (Phi) is 10.8. The number of hydrogen-bond acceptors (Lipinski definition) is 12. The Morgan fingerprint density at radius 3 is 1.52 bits per heavy atom. The van der Waals surface area contributed by atoms with Gasteiger partial charge in [0, 0.05) is 40.3 Å². The molecule has 0 bridgehead atoms. The van der Waals surface area contributed by atoms with E-state index in [1.807, 2.05) is 54.6 Å². The summed E-state index contributed by atoms with van der Waals surface area (Å²) in [5.41, 5.74) is 6.70. The Morgan fingerprint density at radius 1 is 0.574 bits per heavy atom. The lowest BCUT2D eigenvalue weighted by Gasteiger charge is -2.27. The van der Waals surface area contributed by atoms with Gasteiger partial charge in [-0.05, 0) is 70.8 Å². The monoisotopic (exact) mass is 768 g/mol. The summed E-state index contributed by atoms with van der Waals surface area (Å²) in [5, 5.41) is 5.23. The van der Waals surface area contributed by atoms with Gasteiger partial charge in [-0.2, -0.15) is 0 Å². The molecule has 2 saturated heterocycles. The minimum Gasteiger partial charge on any atom is -0.378 e. The van der Waals surface area contributed by atoms with E-state index >= 15 is 0 Å². The third kappa shape index (κ3) is 8.33. The van der Waals surface area contributed by atoms with E-state index < -0.39 is 20.0 Å². The van der Waals surface area contributed by atoms with Gasteiger partial charge >= 0.3 is 0 Å². The molecule has 0 radical (unpaired) electrons. The van der Waals surface area contributed by atoms with Crippen LogP contribution in [0.1, 0.15) is 0 Å². The first-order valence-electron chi connectivity index (χ1n) is 17.3. The highest BCUT2D eigenvalue weighted by Gasteiger charge is 2.18. The lowest BCUT2D eigenvalue weighted by Crippen LogP contribution is -2.36. The standard InChI is InChI=1S/C20H22N4O3S.C18H18N4O3S/c1-23(2)28(25,26)17-6-3-15(4-7-17)16-5-8-18-19(13-16)22-20(14-21-18)24-9-11-27-12-10-24;19-26(23,24)15-3-1-2-13(10-15)14-4-5-16-17(11-14)21-18(12-20-16)22-6-8-25-9-7-22/h3-8,13-14H,9-12H2,1-2H3;1-5,10-12H,6-9H2,(H2,19,23,24). The largest absolute Gasteiger partial charge is 0.378 e. The topological polar surface area (TPSA) is 174 Å². The quantitative estimate of drug-likeness (QED) is 0.246. The first-order chi connectivity index (χ1) is 26.0. The number of hydrogen-bond donors (Lipinski definition) is 1. The van der Waals surface area contributed by atoms with Gasteiger partial charge in [-0.15, -0.1) is 0 Å². The van der Waals surface area contributed by atoms with Crippen LogP contribution in [0.3, 0.4) is 0 Å². The molecule has 0 saturated carbocycles. The normalized spacial score (nSPS) is 15.3. The Labute approximate surface area is 314 Å². The predicted molar refractivity (Wildman–Crippen MR) is 208 cm³/mol. The van der Waals surface area contributed by atoms with Crippen LogP contribution in [0.4, 0.5) is 11.6 Å². The van der Waals surface area contributed by atoms with Crippen LogP contribution in [0, 0.1) is 0 Å². The van der Waals surface area contributed by atoms with Gasteiger partial charge in [0.05, 0.1) is 70.7 Å². The van der Waals surface area contributed by atoms with Gasteiger partial charge in [0.25, 0.3) is 0 Å². The summed E-state index contributed by atoms with van der Waals surface area (Å²) in [6.45, 7) is 5.94. The predicted octanol–water partition coefficient (Wildman–Crippen LogP) is 4.16. The SMILES string of the molecule is CN(C)S(=O)(=O)c1ccc(-c2ccc3ncc(N4CCOCC4)nc3c2)cc1.NS(=O)(=O)c1cccc(-c2ccc3ncc(N4CCOCC4)nc3c2)c1. The third-order valence-electron chi connectivity index (χ3n) is 9.19. The molecule has 0 atom stereocenters. The fraction of sp³-hybridized carbons (Fsp3) is 0.263. The van der Waals surface area contributed by atoms with Crippen molar-refractivity contribution in [2.75, 3.05) is 76.5 Å². The first kappa shape index (κ1) is 37.2. The zero-order valence-corrected chi connectivity index (χ0v) is 31.5. The van der Waals surface area contributed by atoms with Gasteiger partial charge in [0.15, 0.2) is 0 Å². The maximum absolute atomic E-state index is 12.2. The number of nitrogens with two attached hydrogens (primary N) is 1. The number of aromatic nitrogens is 4. The Hall–Kier alpha value is -5.10. The maximum Gasteiger partial charge on any atom is 0.242 e. The average molecular weight is 769 g/mol. The molecule has 14 nitrogen and oxygen atoms in total. The smallest absolute Gasteiger partial charge is 0.242 e. The van der Waals surface area contributed by atoms with Crippen molar-refractivity contribution in [2.24, 2.45) is 5.14 Å². The summed E-state index contributed by atoms with van der Waals surface area (Å²) in [6, 6.07) is 25.0. The number of rotatable bonds is 7. The van der Waals surface area contributed by atoms with Crippen molar-refractivity contribution in [3.05, 3.63) is 97.3 Å². The van der Waals surface area contributed by atoms with E-state index in [-0.39, 0.29) is 9.79 Å². The lowest BCUT2D eigenvalue weighted by atomic mass is 10.1. The number of primary sulfonamides is 1. The van der Waals surface area contributed by atoms with Crippen LogP contribution >= 0.6 is 0 Å². The van der Waals surface area contributed by atoms with Crippen molar-refractivity contribution in [3.8, 4) is 22.3 Å². The van der Waals surface area contributed by atoms with Gasteiger partial charge in [0.1, 0.15) is 11.6 Å². The molecule has 54 heavy (non-hydrogen) atoms. The van der Waals surface area contributed by atoms with Gasteiger partial charge in [-0.25, -0.2) is 36.2 Å². The average Bonchev–Trinajstić information content (AvgIpc) is 3.20. The molecule has 2 aliphatic heterocycles. The molecular weight excluding hydrogens is 729 g/mol. The first-order valence-corrected chi connectivity index (χ1v) is 20.3. The summed E-state index contributed by atoms with van der Waals surface area (Å²) in [6.07, 6.45) is 3.57. The summed E-state index contributed by atoms with van der Waals surface area (Å²) in [4.78, 5) is 23.2. The number of anilines is 2. The highest BCUT2D eigenvalue weighted by molar-refractivity contribution is 7.89. The van der Waals surface area contributed by atoms with Crippen molar-refractivity contribution in [2.45, 2.75) is 9.79 Å². The molecule has 8 rings (SSSR count). The van der Waals surface area contributed by atoms with Crippen LogP contribution in [-0.4, -0.2) is 108 Å². The van der Waals surface area contributed by atoms with E-state index in [0.717, 1.165) is 82.1 Å². The van der Waals surface area contributed by atoms with E-state index in [4.69, 9.17) is 24.6 Å². The van der Waals surface area contributed by atoms with E-state index in [9.17, 15) is 16.8 Å². The fourth-order valence-corrected chi connectivity index (χ4v) is 7.60. The van der Waals surface area contributed by atoms with Crippen LogP contribution in [-0.2, 0) is 29.5 Å². The van der Waals surface area contributed by atoms with Crippen molar-refractivity contribution in [3.63, 3.8) is 0 Å². The Balaban J connectivity index is 0.000000167. The molecule has 4 heterocycles. The molecule has 0 aliphatic carbocycles. The van der Waals surface area contributed by atoms with Gasteiger partial charge in [-0.3, -0.25) is 9.97 Å². The van der Waals surface area contributed by atoms with E-state index in [1.165, 1.54) is 24.5 Å². The van der Waals surface area contributed by atoms with Crippen LogP contribution in [0.2, 0.25) is 0 Å². The molecule has 16 heteroatoms. The molecule has 2 aromatic heterocycles. The molecule has 2 aliphatic rings. The van der Waals surface area contributed by atoms with E-state index in [2.05, 4.69) is 19.8 Å². The number of ether oxygens (including phenoxy) is 2. The van der Waals surface area contributed by atoms with Crippen LogP contribution in [0.5, 0.6) is 0 Å². The highest BCUT2D eigenvalue weighted by atomic mass is 32.2. The van der Waals surface area contributed by atoms with Gasteiger partial charge < -0.3 is 19.3 Å². The number of benzene rings is 4. The van der Waals surface area contributed by atoms with E-state index in [0.29, 0.717) is 26.4 Å². The molecule has 6 aromatic rings. The molecular formula is C38H40N8O6S2. The highest BCUT2D eigenvalue weighted by Crippen LogP contribution is 2.28. The van der Waals surface area contributed by atoms with Crippen molar-refractivity contribution in [1.82, 2.24) is 24.2 Å². The Morgan fingerprint density at radius 2 is 1.04 bits per heavy atom. The lowest BCUT2D eigenvalue weighted by molar-refractivity contribution is 0.122. The summed E-state index contributed by atoms with van der Waals surface area (Å²) in [7, 11) is -4.13. The second-order valence-electron chi connectivity index (χ2n) is 12.9. The number of sulfonamides is 2. The zero-order valence-electron chi connectivity index (χ0n) is 29.9. The number of nitrogens with zero attached hydrogens (tertiary/aromatic N) is 7. The van der Waals surface area contributed by atoms with Gasteiger partial charge in [0.2, 0.25) is 20.0 Å². The molecule has 280 valence electrons. The molecule has 0 amide bonds. The number of fused-ring (bicyclic) bond motifs is 2. The van der Waals surface area contributed by atoms with E-state index in [1.54, 1.807) is 36.7 Å². The van der Waals surface area contributed by atoms with Crippen LogP contribution in [0.25, 0.3) is 44.3 Å². The minimum absolute atomic E-state index is 0.0863. The molecule has 4 aromatic carbocycles. The second-order valence-corrected chi connectivity index (χ2v) is 16.7. The van der Waals surface area contributed by atoms with Gasteiger partial charge in [-0.1, -0.05) is 36.4 Å². The minimum atomic E-state index is -3.74. The van der Waals surface area contributed by atoms with Crippen molar-refractivity contribution in [1.29, 1.82) is 0 Å². The summed E-state index contributed by atoms with van der Waals surface area (Å²) in [5.74, 6) is 1.66. The number of morpholine rings is 2.